The van der Waals surface area contributed by atoms with Gasteiger partial charge in [-0.15, -0.1) is 0 Å². The topological polar surface area (TPSA) is 117 Å². The molecule has 3 aromatic carbocycles. The van der Waals surface area contributed by atoms with E-state index in [2.05, 4.69) is 16.0 Å². The highest BCUT2D eigenvalue weighted by molar-refractivity contribution is 5.96. The number of nitrogens with zero attached hydrogens (tertiary/aromatic N) is 2. The number of anilines is 3. The van der Waals surface area contributed by atoms with Crippen LogP contribution < -0.4 is 16.0 Å². The van der Waals surface area contributed by atoms with Gasteiger partial charge < -0.3 is 20.9 Å². The minimum Gasteiger partial charge on any atom is -0.350 e. The molecule has 0 atom stereocenters. The van der Waals surface area contributed by atoms with E-state index in [0.717, 1.165) is 5.69 Å². The third kappa shape index (κ3) is 5.69. The molecule has 1 heterocycles. The molecule has 9 nitrogen and oxygen atoms in total. The number of carbonyl (C=O) groups excluding carboxylic acids is 2. The summed E-state index contributed by atoms with van der Waals surface area (Å²) in [5.74, 6) is -0.374. The lowest BCUT2D eigenvalue weighted by Crippen LogP contribution is -2.47. The number of nitro groups is 1. The lowest BCUT2D eigenvalue weighted by Gasteiger charge is -2.32. The van der Waals surface area contributed by atoms with Crippen LogP contribution in [-0.2, 0) is 0 Å². The van der Waals surface area contributed by atoms with Crippen molar-refractivity contribution in [1.29, 1.82) is 0 Å². The minimum atomic E-state index is -0.508. The molecular weight excluding hydrogens is 434 g/mol. The van der Waals surface area contributed by atoms with Gasteiger partial charge in [0.2, 0.25) is 0 Å². The average molecular weight is 460 g/mol. The Morgan fingerprint density at radius 1 is 0.882 bits per heavy atom. The van der Waals surface area contributed by atoms with Gasteiger partial charge in [0.25, 0.3) is 11.6 Å². The first-order valence-electron chi connectivity index (χ1n) is 11.0. The average Bonchev–Trinajstić information content (AvgIpc) is 2.86. The number of nitrogens with one attached hydrogen (secondary N) is 3. The van der Waals surface area contributed by atoms with Crippen molar-refractivity contribution in [2.24, 2.45) is 0 Å². The maximum absolute atomic E-state index is 12.8. The number of hydrogen-bond acceptors (Lipinski definition) is 5. The molecule has 0 saturated carbocycles. The van der Waals surface area contributed by atoms with Crippen LogP contribution in [0.15, 0.2) is 78.9 Å². The van der Waals surface area contributed by atoms with Crippen molar-refractivity contribution in [2.45, 2.75) is 18.9 Å². The highest BCUT2D eigenvalue weighted by atomic mass is 16.6. The summed E-state index contributed by atoms with van der Waals surface area (Å²) in [6.45, 7) is 1.01. The Morgan fingerprint density at radius 3 is 2.12 bits per heavy atom. The number of benzene rings is 3. The zero-order chi connectivity index (χ0) is 23.9. The summed E-state index contributed by atoms with van der Waals surface area (Å²) in [7, 11) is 0. The fourth-order valence-electron chi connectivity index (χ4n) is 3.83. The second kappa shape index (κ2) is 10.5. The molecule has 0 aromatic heterocycles. The van der Waals surface area contributed by atoms with Crippen LogP contribution >= 0.6 is 0 Å². The molecule has 1 aliphatic rings. The normalized spacial score (nSPS) is 13.7. The number of nitro benzene ring substituents is 1. The van der Waals surface area contributed by atoms with Gasteiger partial charge >= 0.3 is 6.03 Å². The smallest absolute Gasteiger partial charge is 0.321 e. The Kier molecular flexibility index (Phi) is 7.02. The molecule has 9 heteroatoms. The summed E-state index contributed by atoms with van der Waals surface area (Å²) in [5.41, 5.74) is 1.80. The molecule has 34 heavy (non-hydrogen) atoms. The first-order chi connectivity index (χ1) is 16.5. The van der Waals surface area contributed by atoms with Crippen molar-refractivity contribution in [3.8, 4) is 0 Å². The fourth-order valence-corrected chi connectivity index (χ4v) is 3.83. The number of para-hydroxylation sites is 2. The summed E-state index contributed by atoms with van der Waals surface area (Å²) >= 11 is 0. The van der Waals surface area contributed by atoms with Crippen molar-refractivity contribution in [1.82, 2.24) is 10.2 Å². The zero-order valence-electron chi connectivity index (χ0n) is 18.4. The number of piperidine rings is 1. The Morgan fingerprint density at radius 2 is 1.50 bits per heavy atom. The number of rotatable bonds is 6. The van der Waals surface area contributed by atoms with Gasteiger partial charge in [0.05, 0.1) is 4.92 Å². The number of likely N-dealkylation sites (tertiary alicyclic amines) is 1. The van der Waals surface area contributed by atoms with Gasteiger partial charge in [-0.25, -0.2) is 4.79 Å². The van der Waals surface area contributed by atoms with E-state index in [9.17, 15) is 19.7 Å². The summed E-state index contributed by atoms with van der Waals surface area (Å²) in [6.07, 6.45) is 1.20. The molecule has 3 amide bonds. The number of urea groups is 1. The summed E-state index contributed by atoms with van der Waals surface area (Å²) in [6, 6.07) is 22.4. The largest absolute Gasteiger partial charge is 0.350 e. The standard InChI is InChI=1S/C25H25N5O4/c31-24(18-11-12-22(23(17-18)30(33)34)26-19-7-3-1-4-8-19)27-21-13-15-29(16-14-21)25(32)28-20-9-5-2-6-10-20/h1-12,17,21,26H,13-16H2,(H,27,31)(H,28,32). The molecule has 1 fully saturated rings. The fraction of sp³-hybridized carbons (Fsp3) is 0.200. The van der Waals surface area contributed by atoms with E-state index in [-0.39, 0.29) is 29.2 Å². The van der Waals surface area contributed by atoms with Crippen LogP contribution in [0.5, 0.6) is 0 Å². The molecule has 0 radical (unpaired) electrons. The third-order valence-electron chi connectivity index (χ3n) is 5.65. The molecular formula is C25H25N5O4. The Balaban J connectivity index is 1.34. The van der Waals surface area contributed by atoms with Crippen molar-refractivity contribution in [3.63, 3.8) is 0 Å². The van der Waals surface area contributed by atoms with Crippen molar-refractivity contribution in [3.05, 3.63) is 94.5 Å². The second-order valence-electron chi connectivity index (χ2n) is 8.01. The summed E-state index contributed by atoms with van der Waals surface area (Å²) in [4.78, 5) is 38.0. The van der Waals surface area contributed by atoms with E-state index >= 15 is 0 Å². The van der Waals surface area contributed by atoms with Gasteiger partial charge in [0, 0.05) is 42.1 Å². The van der Waals surface area contributed by atoms with Gasteiger partial charge in [-0.3, -0.25) is 14.9 Å². The lowest BCUT2D eigenvalue weighted by atomic mass is 10.0. The van der Waals surface area contributed by atoms with Crippen molar-refractivity contribution < 1.29 is 14.5 Å². The van der Waals surface area contributed by atoms with Gasteiger partial charge in [-0.05, 0) is 49.2 Å². The molecule has 3 aromatic rings. The van der Waals surface area contributed by atoms with Crippen LogP contribution in [0.1, 0.15) is 23.2 Å². The second-order valence-corrected chi connectivity index (χ2v) is 8.01. The third-order valence-corrected chi connectivity index (χ3v) is 5.65. The van der Waals surface area contributed by atoms with Crippen molar-refractivity contribution >= 4 is 34.7 Å². The van der Waals surface area contributed by atoms with Gasteiger partial charge in [0.15, 0.2) is 0 Å². The number of hydrogen-bond donors (Lipinski definition) is 3. The number of amides is 3. The summed E-state index contributed by atoms with van der Waals surface area (Å²) in [5, 5.41) is 20.4. The van der Waals surface area contributed by atoms with E-state index in [1.807, 2.05) is 48.5 Å². The molecule has 1 saturated heterocycles. The predicted molar refractivity (Wildman–Crippen MR) is 130 cm³/mol. The highest BCUT2D eigenvalue weighted by Crippen LogP contribution is 2.29. The first-order valence-corrected chi connectivity index (χ1v) is 11.0. The molecule has 1 aliphatic heterocycles. The Bertz CT molecular complexity index is 1160. The highest BCUT2D eigenvalue weighted by Gasteiger charge is 2.25. The number of carbonyl (C=O) groups is 2. The Labute approximate surface area is 196 Å². The van der Waals surface area contributed by atoms with E-state index < -0.39 is 4.92 Å². The zero-order valence-corrected chi connectivity index (χ0v) is 18.4. The molecule has 0 spiro atoms. The van der Waals surface area contributed by atoms with Crippen LogP contribution in [0.4, 0.5) is 27.5 Å². The summed E-state index contributed by atoms with van der Waals surface area (Å²) < 4.78 is 0. The van der Waals surface area contributed by atoms with E-state index in [1.54, 1.807) is 23.1 Å². The quantitative estimate of drug-likeness (QED) is 0.363. The molecule has 0 unspecified atom stereocenters. The van der Waals surface area contributed by atoms with E-state index in [1.165, 1.54) is 12.1 Å². The SMILES string of the molecule is O=C(NC1CCN(C(=O)Nc2ccccc2)CC1)c1ccc(Nc2ccccc2)c([N+](=O)[O-])c1. The Hall–Kier alpha value is -4.40. The molecule has 4 rings (SSSR count). The molecule has 0 aliphatic carbocycles. The van der Waals surface area contributed by atoms with Gasteiger partial charge in [-0.2, -0.15) is 0 Å². The van der Waals surface area contributed by atoms with Gasteiger partial charge in [-0.1, -0.05) is 36.4 Å². The molecule has 0 bridgehead atoms. The lowest BCUT2D eigenvalue weighted by molar-refractivity contribution is -0.383. The predicted octanol–water partition coefficient (Wildman–Crippen LogP) is 4.76. The van der Waals surface area contributed by atoms with E-state index in [4.69, 9.17) is 0 Å². The van der Waals surface area contributed by atoms with E-state index in [0.29, 0.717) is 37.3 Å². The maximum atomic E-state index is 12.8. The van der Waals surface area contributed by atoms with Crippen LogP contribution in [0.3, 0.4) is 0 Å². The monoisotopic (exact) mass is 459 g/mol. The van der Waals surface area contributed by atoms with Crippen LogP contribution in [0.25, 0.3) is 0 Å². The molecule has 3 N–H and O–H groups in total. The van der Waals surface area contributed by atoms with Crippen LogP contribution in [-0.4, -0.2) is 40.9 Å². The van der Waals surface area contributed by atoms with Crippen LogP contribution in [0.2, 0.25) is 0 Å². The van der Waals surface area contributed by atoms with Crippen molar-refractivity contribution in [2.75, 3.05) is 23.7 Å². The van der Waals surface area contributed by atoms with Crippen LogP contribution in [0, 0.1) is 10.1 Å². The van der Waals surface area contributed by atoms with Gasteiger partial charge in [0.1, 0.15) is 5.69 Å². The molecule has 174 valence electrons. The minimum absolute atomic E-state index is 0.116. The first kappa shape index (κ1) is 22.8. The maximum Gasteiger partial charge on any atom is 0.321 e.